The molecule has 1 amide bonds. The van der Waals surface area contributed by atoms with Crippen LogP contribution in [0.15, 0.2) is 78.9 Å². The van der Waals surface area contributed by atoms with E-state index in [2.05, 4.69) is 34.1 Å². The Hall–Kier alpha value is -3.80. The Morgan fingerprint density at radius 1 is 0.886 bits per heavy atom. The second-order valence-corrected chi connectivity index (χ2v) is 8.49. The number of carbonyl (C=O) groups excluding carboxylic acids is 1. The SMILES string of the molecule is COc1ccc(OCCCn2c(CCCNC(=O)CCc3ccccc3)nc3ccccc32)cc1. The smallest absolute Gasteiger partial charge is 0.220 e. The van der Waals surface area contributed by atoms with E-state index in [0.717, 1.165) is 60.6 Å². The van der Waals surface area contributed by atoms with Crippen LogP contribution < -0.4 is 14.8 Å². The molecule has 0 aliphatic carbocycles. The molecule has 0 spiro atoms. The summed E-state index contributed by atoms with van der Waals surface area (Å²) in [7, 11) is 1.66. The summed E-state index contributed by atoms with van der Waals surface area (Å²) in [5, 5.41) is 3.05. The topological polar surface area (TPSA) is 65.4 Å². The van der Waals surface area contributed by atoms with Crippen molar-refractivity contribution in [2.45, 2.75) is 38.6 Å². The molecule has 1 aromatic heterocycles. The Labute approximate surface area is 206 Å². The fraction of sp³-hybridized carbons (Fsp3) is 0.310. The second kappa shape index (κ2) is 12.6. The van der Waals surface area contributed by atoms with Crippen molar-refractivity contribution in [2.24, 2.45) is 0 Å². The largest absolute Gasteiger partial charge is 0.497 e. The van der Waals surface area contributed by atoms with Gasteiger partial charge in [-0.2, -0.15) is 0 Å². The lowest BCUT2D eigenvalue weighted by Crippen LogP contribution is -2.25. The van der Waals surface area contributed by atoms with Gasteiger partial charge in [-0.3, -0.25) is 4.79 Å². The lowest BCUT2D eigenvalue weighted by molar-refractivity contribution is -0.121. The Morgan fingerprint density at radius 2 is 1.63 bits per heavy atom. The molecular weight excluding hydrogens is 438 g/mol. The van der Waals surface area contributed by atoms with Crippen molar-refractivity contribution >= 4 is 16.9 Å². The molecule has 6 heteroatoms. The fourth-order valence-corrected chi connectivity index (χ4v) is 4.12. The van der Waals surface area contributed by atoms with E-state index in [4.69, 9.17) is 14.5 Å². The number of para-hydroxylation sites is 2. The van der Waals surface area contributed by atoms with E-state index >= 15 is 0 Å². The highest BCUT2D eigenvalue weighted by molar-refractivity contribution is 5.76. The highest BCUT2D eigenvalue weighted by Gasteiger charge is 2.11. The van der Waals surface area contributed by atoms with Gasteiger partial charge in [0.15, 0.2) is 0 Å². The van der Waals surface area contributed by atoms with Crippen molar-refractivity contribution in [1.82, 2.24) is 14.9 Å². The first-order chi connectivity index (χ1) is 17.2. The predicted molar refractivity (Wildman–Crippen MR) is 139 cm³/mol. The van der Waals surface area contributed by atoms with E-state index in [0.29, 0.717) is 19.6 Å². The van der Waals surface area contributed by atoms with Gasteiger partial charge in [0, 0.05) is 25.9 Å². The molecule has 4 aromatic rings. The first-order valence-corrected chi connectivity index (χ1v) is 12.2. The molecule has 0 fully saturated rings. The van der Waals surface area contributed by atoms with Crippen LogP contribution in [0.4, 0.5) is 0 Å². The predicted octanol–water partition coefficient (Wildman–Crippen LogP) is 5.20. The minimum Gasteiger partial charge on any atom is -0.497 e. The molecule has 3 aromatic carbocycles. The number of methoxy groups -OCH3 is 1. The first kappa shape index (κ1) is 24.3. The summed E-state index contributed by atoms with van der Waals surface area (Å²) in [6, 6.07) is 26.0. The molecule has 0 radical (unpaired) electrons. The van der Waals surface area contributed by atoms with Crippen molar-refractivity contribution in [3.05, 3.63) is 90.3 Å². The van der Waals surface area contributed by atoms with E-state index in [9.17, 15) is 4.79 Å². The minimum absolute atomic E-state index is 0.0954. The van der Waals surface area contributed by atoms with E-state index in [1.807, 2.05) is 54.6 Å². The van der Waals surface area contributed by atoms with Crippen LogP contribution in [0.1, 0.15) is 30.7 Å². The quantitative estimate of drug-likeness (QED) is 0.272. The maximum Gasteiger partial charge on any atom is 0.220 e. The first-order valence-electron chi connectivity index (χ1n) is 12.2. The highest BCUT2D eigenvalue weighted by atomic mass is 16.5. The molecular formula is C29H33N3O3. The summed E-state index contributed by atoms with van der Waals surface area (Å²) < 4.78 is 13.4. The van der Waals surface area contributed by atoms with Crippen LogP contribution in [0.2, 0.25) is 0 Å². The zero-order valence-corrected chi connectivity index (χ0v) is 20.3. The van der Waals surface area contributed by atoms with E-state index < -0.39 is 0 Å². The van der Waals surface area contributed by atoms with Gasteiger partial charge in [0.05, 0.1) is 24.8 Å². The molecule has 0 atom stereocenters. The lowest BCUT2D eigenvalue weighted by Gasteiger charge is -2.11. The van der Waals surface area contributed by atoms with Gasteiger partial charge in [-0.1, -0.05) is 42.5 Å². The van der Waals surface area contributed by atoms with Crippen LogP contribution in [-0.4, -0.2) is 35.7 Å². The zero-order chi connectivity index (χ0) is 24.3. The fourth-order valence-electron chi connectivity index (χ4n) is 4.12. The van der Waals surface area contributed by atoms with Gasteiger partial charge in [-0.15, -0.1) is 0 Å². The number of ether oxygens (including phenoxy) is 2. The number of nitrogens with zero attached hydrogens (tertiary/aromatic N) is 2. The molecule has 0 saturated heterocycles. The average Bonchev–Trinajstić information content (AvgIpc) is 3.26. The number of amides is 1. The van der Waals surface area contributed by atoms with Gasteiger partial charge < -0.3 is 19.4 Å². The summed E-state index contributed by atoms with van der Waals surface area (Å²) in [5.74, 6) is 2.80. The monoisotopic (exact) mass is 471 g/mol. The molecule has 1 heterocycles. The third-order valence-corrected chi connectivity index (χ3v) is 5.97. The van der Waals surface area contributed by atoms with Crippen molar-refractivity contribution in [2.75, 3.05) is 20.3 Å². The van der Waals surface area contributed by atoms with Gasteiger partial charge in [0.1, 0.15) is 17.3 Å². The molecule has 0 aliphatic heterocycles. The molecule has 35 heavy (non-hydrogen) atoms. The molecule has 0 bridgehead atoms. The average molecular weight is 472 g/mol. The van der Waals surface area contributed by atoms with Crippen LogP contribution in [0.25, 0.3) is 11.0 Å². The van der Waals surface area contributed by atoms with E-state index in [-0.39, 0.29) is 5.91 Å². The molecule has 4 rings (SSSR count). The van der Waals surface area contributed by atoms with Crippen LogP contribution in [0.3, 0.4) is 0 Å². The standard InChI is InChI=1S/C29H33N3O3/c1-34-24-15-17-25(18-16-24)35-22-8-21-32-27-12-6-5-11-26(27)31-28(32)13-7-20-30-29(33)19-14-23-9-3-2-4-10-23/h2-6,9-12,15-18H,7-8,13-14,19-22H2,1H3,(H,30,33). The Morgan fingerprint density at radius 3 is 2.43 bits per heavy atom. The van der Waals surface area contributed by atoms with Crippen molar-refractivity contribution in [3.8, 4) is 11.5 Å². The highest BCUT2D eigenvalue weighted by Crippen LogP contribution is 2.19. The number of aromatic nitrogens is 2. The molecule has 1 N–H and O–H groups in total. The number of benzene rings is 3. The number of nitrogens with one attached hydrogen (secondary N) is 1. The van der Waals surface area contributed by atoms with Gasteiger partial charge in [0.2, 0.25) is 5.91 Å². The molecule has 0 saturated carbocycles. The third-order valence-electron chi connectivity index (χ3n) is 5.97. The summed E-state index contributed by atoms with van der Waals surface area (Å²) in [6.45, 7) is 2.10. The Bertz CT molecular complexity index is 1200. The Balaban J connectivity index is 1.25. The summed E-state index contributed by atoms with van der Waals surface area (Å²) in [5.41, 5.74) is 3.33. The van der Waals surface area contributed by atoms with Crippen molar-refractivity contribution in [3.63, 3.8) is 0 Å². The van der Waals surface area contributed by atoms with Crippen molar-refractivity contribution < 1.29 is 14.3 Å². The Kier molecular flexibility index (Phi) is 8.76. The number of imidazole rings is 1. The lowest BCUT2D eigenvalue weighted by atomic mass is 10.1. The number of rotatable bonds is 13. The van der Waals surface area contributed by atoms with Crippen molar-refractivity contribution in [1.29, 1.82) is 0 Å². The van der Waals surface area contributed by atoms with Gasteiger partial charge >= 0.3 is 0 Å². The third kappa shape index (κ3) is 7.09. The second-order valence-electron chi connectivity index (χ2n) is 8.49. The number of fused-ring (bicyclic) bond motifs is 1. The molecule has 6 nitrogen and oxygen atoms in total. The summed E-state index contributed by atoms with van der Waals surface area (Å²) in [4.78, 5) is 17.1. The normalized spacial score (nSPS) is 10.9. The molecule has 0 aliphatic rings. The zero-order valence-electron chi connectivity index (χ0n) is 20.3. The summed E-state index contributed by atoms with van der Waals surface area (Å²) in [6.07, 6.45) is 3.81. The summed E-state index contributed by atoms with van der Waals surface area (Å²) >= 11 is 0. The van der Waals surface area contributed by atoms with Crippen LogP contribution in [0, 0.1) is 0 Å². The molecule has 0 unspecified atom stereocenters. The number of hydrogen-bond acceptors (Lipinski definition) is 4. The maximum atomic E-state index is 12.2. The minimum atomic E-state index is 0.0954. The van der Waals surface area contributed by atoms with Crippen LogP contribution in [0.5, 0.6) is 11.5 Å². The van der Waals surface area contributed by atoms with Crippen LogP contribution in [-0.2, 0) is 24.2 Å². The van der Waals surface area contributed by atoms with Gasteiger partial charge in [-0.05, 0) is 61.2 Å². The van der Waals surface area contributed by atoms with Gasteiger partial charge in [0.25, 0.3) is 0 Å². The number of carbonyl (C=O) groups is 1. The maximum absolute atomic E-state index is 12.2. The molecule has 182 valence electrons. The van der Waals surface area contributed by atoms with E-state index in [1.165, 1.54) is 5.56 Å². The van der Waals surface area contributed by atoms with E-state index in [1.54, 1.807) is 7.11 Å². The van der Waals surface area contributed by atoms with Crippen LogP contribution >= 0.6 is 0 Å². The number of hydrogen-bond donors (Lipinski definition) is 1. The number of aryl methyl sites for hydroxylation is 3. The van der Waals surface area contributed by atoms with Gasteiger partial charge in [-0.25, -0.2) is 4.98 Å².